The average molecular weight is 545 g/mol. The number of alkyl halides is 3. The van der Waals surface area contributed by atoms with E-state index in [9.17, 15) is 26.7 Å². The fourth-order valence-electron chi connectivity index (χ4n) is 4.91. The van der Waals surface area contributed by atoms with Crippen LogP contribution in [0.5, 0.6) is 0 Å². The molecule has 0 spiro atoms. The number of ether oxygens (including phenoxy) is 1. The van der Waals surface area contributed by atoms with Crippen LogP contribution in [0.25, 0.3) is 0 Å². The largest absolute Gasteiger partial charge is 0.421 e. The van der Waals surface area contributed by atoms with Crippen LogP contribution in [0.2, 0.25) is 0 Å². The van der Waals surface area contributed by atoms with Crippen molar-refractivity contribution in [1.82, 2.24) is 4.31 Å². The van der Waals surface area contributed by atoms with Crippen LogP contribution in [0.4, 0.5) is 18.9 Å². The number of benzene rings is 2. The molecule has 0 unspecified atom stereocenters. The van der Waals surface area contributed by atoms with Gasteiger partial charge in [-0.25, -0.2) is 8.42 Å². The van der Waals surface area contributed by atoms with Gasteiger partial charge < -0.3 is 14.7 Å². The second kappa shape index (κ2) is 10.5. The fraction of sp³-hybridized carbons (Fsp3) is 0.520. The molecular formula is C25H31F3N2O4S2. The summed E-state index contributed by atoms with van der Waals surface area (Å²) in [5.74, 6) is 0.358. The number of rotatable bonds is 6. The van der Waals surface area contributed by atoms with Crippen LogP contribution in [-0.2, 0) is 20.4 Å². The number of hydrogen-bond donors (Lipinski definition) is 2. The predicted octanol–water partition coefficient (Wildman–Crippen LogP) is 4.44. The second-order valence-electron chi connectivity index (χ2n) is 9.59. The second-order valence-corrected chi connectivity index (χ2v) is 12.0. The zero-order valence-electron chi connectivity index (χ0n) is 20.0. The number of piperazine rings is 1. The summed E-state index contributed by atoms with van der Waals surface area (Å²) < 4.78 is 73.7. The summed E-state index contributed by atoms with van der Waals surface area (Å²) in [6.07, 6.45) is -2.31. The Hall–Kier alpha value is -1.79. The first kappa shape index (κ1) is 27.3. The summed E-state index contributed by atoms with van der Waals surface area (Å²) in [6.45, 7) is 2.93. The summed E-state index contributed by atoms with van der Waals surface area (Å²) in [5.41, 5.74) is -2.51. The topological polar surface area (TPSA) is 70.1 Å². The molecule has 2 saturated heterocycles. The first-order chi connectivity index (χ1) is 16.9. The summed E-state index contributed by atoms with van der Waals surface area (Å²) >= 11 is 4.34. The maximum Gasteiger partial charge on any atom is 0.421 e. The number of hydrogen-bond acceptors (Lipinski definition) is 6. The van der Waals surface area contributed by atoms with Gasteiger partial charge in [0.1, 0.15) is 0 Å². The Labute approximate surface area is 215 Å². The molecule has 2 aromatic rings. The maximum absolute atomic E-state index is 13.4. The van der Waals surface area contributed by atoms with Gasteiger partial charge in [0.25, 0.3) is 0 Å². The van der Waals surface area contributed by atoms with E-state index in [4.69, 9.17) is 4.74 Å². The van der Waals surface area contributed by atoms with E-state index in [2.05, 4.69) is 17.5 Å². The van der Waals surface area contributed by atoms with Crippen LogP contribution in [0.15, 0.2) is 58.3 Å². The molecule has 36 heavy (non-hydrogen) atoms. The number of aliphatic hydroxyl groups is 1. The molecule has 198 valence electrons. The van der Waals surface area contributed by atoms with E-state index in [1.165, 1.54) is 16.4 Å². The normalized spacial score (nSPS) is 22.4. The van der Waals surface area contributed by atoms with Crippen LogP contribution in [0.1, 0.15) is 31.7 Å². The van der Waals surface area contributed by atoms with Crippen molar-refractivity contribution >= 4 is 28.3 Å². The number of thiol groups is 1. The Morgan fingerprint density at radius 1 is 1.06 bits per heavy atom. The molecule has 0 saturated carbocycles. The molecule has 2 heterocycles. The minimum absolute atomic E-state index is 0.158. The van der Waals surface area contributed by atoms with Crippen molar-refractivity contribution in [3.8, 4) is 0 Å². The fourth-order valence-corrected chi connectivity index (χ4v) is 6.97. The number of anilines is 1. The Morgan fingerprint density at radius 2 is 1.69 bits per heavy atom. The first-order valence-electron chi connectivity index (χ1n) is 11.9. The molecule has 4 rings (SSSR count). The zero-order chi connectivity index (χ0) is 26.1. The summed E-state index contributed by atoms with van der Waals surface area (Å²) in [4.78, 5) is 2.61. The van der Waals surface area contributed by atoms with Gasteiger partial charge in [-0.3, -0.25) is 0 Å². The van der Waals surface area contributed by atoms with Gasteiger partial charge in [0.2, 0.25) is 10.0 Å². The Kier molecular flexibility index (Phi) is 7.97. The highest BCUT2D eigenvalue weighted by Crippen LogP contribution is 2.39. The molecule has 2 fully saturated rings. The van der Waals surface area contributed by atoms with E-state index in [1.54, 1.807) is 36.4 Å². The van der Waals surface area contributed by atoms with Crippen molar-refractivity contribution in [3.63, 3.8) is 0 Å². The van der Waals surface area contributed by atoms with Crippen molar-refractivity contribution in [1.29, 1.82) is 0 Å². The van der Waals surface area contributed by atoms with Crippen molar-refractivity contribution in [2.45, 2.75) is 53.8 Å². The third kappa shape index (κ3) is 5.55. The lowest BCUT2D eigenvalue weighted by Gasteiger charge is -2.44. The maximum atomic E-state index is 13.4. The van der Waals surface area contributed by atoms with Gasteiger partial charge in [0.05, 0.1) is 4.90 Å². The van der Waals surface area contributed by atoms with E-state index < -0.39 is 21.8 Å². The highest BCUT2D eigenvalue weighted by molar-refractivity contribution is 7.90. The van der Waals surface area contributed by atoms with Gasteiger partial charge in [0.15, 0.2) is 5.60 Å². The Balaban J connectivity index is 1.60. The lowest BCUT2D eigenvalue weighted by Crippen LogP contribution is -2.55. The van der Waals surface area contributed by atoms with Gasteiger partial charge in [-0.05, 0) is 61.9 Å². The highest BCUT2D eigenvalue weighted by Gasteiger charge is 2.51. The SMILES string of the molecule is C[C@@](O)(c1ccc(N2CCN(S(=O)(=O)c3ccccc3S)C[C@@H]2CC2CCOCC2)cc1)C(F)(F)F. The first-order valence-corrected chi connectivity index (χ1v) is 13.8. The van der Waals surface area contributed by atoms with Crippen molar-refractivity contribution in [2.75, 3.05) is 37.7 Å². The molecule has 2 aliphatic heterocycles. The van der Waals surface area contributed by atoms with Crippen LogP contribution in [-0.4, -0.2) is 62.9 Å². The lowest BCUT2D eigenvalue weighted by atomic mass is 9.90. The molecule has 0 bridgehead atoms. The third-order valence-corrected chi connectivity index (χ3v) is 9.65. The molecule has 0 radical (unpaired) electrons. The van der Waals surface area contributed by atoms with Crippen LogP contribution >= 0.6 is 12.6 Å². The number of halogens is 3. The Morgan fingerprint density at radius 3 is 2.31 bits per heavy atom. The number of sulfonamides is 1. The molecule has 2 atom stereocenters. The predicted molar refractivity (Wildman–Crippen MR) is 134 cm³/mol. The van der Waals surface area contributed by atoms with E-state index in [1.807, 2.05) is 0 Å². The molecule has 2 aliphatic rings. The van der Waals surface area contributed by atoms with Crippen LogP contribution in [0.3, 0.4) is 0 Å². The standard InChI is InChI=1S/C25H31F3N2O4S2/c1-24(31,25(26,27)28)19-6-8-20(9-7-19)30-13-12-29(17-21(30)16-18-10-14-34-15-11-18)36(32,33)23-5-3-2-4-22(23)35/h2-9,18,21,31,35H,10-17H2,1H3/t21-,24+/m0/s1. The average Bonchev–Trinajstić information content (AvgIpc) is 2.84. The van der Waals surface area contributed by atoms with Crippen molar-refractivity contribution in [2.24, 2.45) is 5.92 Å². The third-order valence-electron chi connectivity index (χ3n) is 7.19. The number of nitrogens with zero attached hydrogens (tertiary/aromatic N) is 2. The van der Waals surface area contributed by atoms with E-state index >= 15 is 0 Å². The molecule has 0 aliphatic carbocycles. The molecule has 2 aromatic carbocycles. The van der Waals surface area contributed by atoms with Gasteiger partial charge >= 0.3 is 6.18 Å². The van der Waals surface area contributed by atoms with Gasteiger partial charge in [-0.15, -0.1) is 12.6 Å². The minimum Gasteiger partial charge on any atom is -0.381 e. The van der Waals surface area contributed by atoms with E-state index in [0.717, 1.165) is 26.2 Å². The minimum atomic E-state index is -4.80. The summed E-state index contributed by atoms with van der Waals surface area (Å²) in [6, 6.07) is 12.1. The quantitative estimate of drug-likeness (QED) is 0.527. The lowest BCUT2D eigenvalue weighted by molar-refractivity contribution is -0.258. The zero-order valence-corrected chi connectivity index (χ0v) is 21.7. The highest BCUT2D eigenvalue weighted by atomic mass is 32.2. The van der Waals surface area contributed by atoms with Gasteiger partial charge in [-0.2, -0.15) is 17.5 Å². The van der Waals surface area contributed by atoms with Gasteiger partial charge in [0, 0.05) is 49.5 Å². The molecule has 0 aromatic heterocycles. The monoisotopic (exact) mass is 544 g/mol. The summed E-state index contributed by atoms with van der Waals surface area (Å²) in [5, 5.41) is 10.0. The van der Waals surface area contributed by atoms with E-state index in [-0.39, 0.29) is 29.6 Å². The smallest absolute Gasteiger partial charge is 0.381 e. The molecule has 11 heteroatoms. The molecule has 1 N–H and O–H groups in total. The molecular weight excluding hydrogens is 513 g/mol. The van der Waals surface area contributed by atoms with E-state index in [0.29, 0.717) is 36.3 Å². The summed E-state index contributed by atoms with van der Waals surface area (Å²) in [7, 11) is -3.77. The van der Waals surface area contributed by atoms with Crippen LogP contribution in [0, 0.1) is 5.92 Å². The molecule has 6 nitrogen and oxygen atoms in total. The van der Waals surface area contributed by atoms with Crippen molar-refractivity contribution < 1.29 is 31.4 Å². The van der Waals surface area contributed by atoms with Crippen molar-refractivity contribution in [3.05, 3.63) is 54.1 Å². The molecule has 0 amide bonds. The van der Waals surface area contributed by atoms with Gasteiger partial charge in [-0.1, -0.05) is 24.3 Å². The van der Waals surface area contributed by atoms with Crippen LogP contribution < -0.4 is 4.90 Å². The Bertz CT molecular complexity index is 1150.